The first-order valence-corrected chi connectivity index (χ1v) is 11.0. The van der Waals surface area contributed by atoms with Crippen LogP contribution < -0.4 is 22.1 Å². The lowest BCUT2D eigenvalue weighted by atomic mass is 10.0. The van der Waals surface area contributed by atoms with E-state index in [-0.39, 0.29) is 28.5 Å². The van der Waals surface area contributed by atoms with Gasteiger partial charge in [0.1, 0.15) is 5.82 Å². The molecule has 1 fully saturated rings. The fourth-order valence-electron chi connectivity index (χ4n) is 3.89. The molecule has 1 saturated carbocycles. The lowest BCUT2D eigenvalue weighted by Crippen LogP contribution is -2.55. The Morgan fingerprint density at radius 1 is 1.12 bits per heavy atom. The molecule has 1 aliphatic rings. The smallest absolute Gasteiger partial charge is 0.280 e. The Morgan fingerprint density at radius 3 is 2.45 bits per heavy atom. The fourth-order valence-corrected chi connectivity index (χ4v) is 4.12. The summed E-state index contributed by atoms with van der Waals surface area (Å²) >= 11 is 5.90. The summed E-state index contributed by atoms with van der Waals surface area (Å²) < 4.78 is 40.4. The number of nitrogens with zero attached hydrogens (tertiary/aromatic N) is 1. The van der Waals surface area contributed by atoms with Gasteiger partial charge in [0.05, 0.1) is 6.17 Å². The molecule has 2 aromatic carbocycles. The Bertz CT molecular complexity index is 1020. The summed E-state index contributed by atoms with van der Waals surface area (Å²) in [6.45, 7) is 2.01. The number of carbonyl (C=O) groups excluding carboxylic acids is 1. The molecule has 6 nitrogen and oxygen atoms in total. The van der Waals surface area contributed by atoms with E-state index < -0.39 is 35.6 Å². The highest BCUT2D eigenvalue weighted by molar-refractivity contribution is 6.30. The number of aliphatic imine (C=N–C) groups is 1. The molecule has 6 N–H and O–H groups in total. The monoisotopic (exact) mass is 481 g/mol. The number of rotatable bonds is 6. The number of amides is 1. The van der Waals surface area contributed by atoms with Crippen LogP contribution in [0.2, 0.25) is 5.02 Å². The zero-order chi connectivity index (χ0) is 24.2. The van der Waals surface area contributed by atoms with Crippen LogP contribution in [0.3, 0.4) is 0 Å². The Morgan fingerprint density at radius 2 is 1.82 bits per heavy atom. The van der Waals surface area contributed by atoms with E-state index in [1.807, 2.05) is 6.92 Å². The molecule has 0 aromatic heterocycles. The maximum atomic E-state index is 13.7. The number of guanidine groups is 1. The first kappa shape index (κ1) is 25.0. The van der Waals surface area contributed by atoms with Crippen LogP contribution in [0.4, 0.5) is 13.2 Å². The third kappa shape index (κ3) is 6.93. The number of hydrogen-bond acceptors (Lipinski definition) is 3. The molecule has 10 heteroatoms. The second-order valence-electron chi connectivity index (χ2n) is 8.58. The van der Waals surface area contributed by atoms with Gasteiger partial charge in [0.15, 0.2) is 11.6 Å². The number of benzene rings is 2. The largest absolute Gasteiger partial charge is 0.351 e. The summed E-state index contributed by atoms with van der Waals surface area (Å²) in [7, 11) is 0. The minimum absolute atomic E-state index is 0.103. The highest BCUT2D eigenvalue weighted by atomic mass is 35.5. The van der Waals surface area contributed by atoms with Gasteiger partial charge in [-0.05, 0) is 68.1 Å². The van der Waals surface area contributed by atoms with Gasteiger partial charge in [0, 0.05) is 22.2 Å². The summed E-state index contributed by atoms with van der Waals surface area (Å²) in [5, 5.41) is 6.40. The molecule has 0 spiro atoms. The quantitative estimate of drug-likeness (QED) is 0.282. The summed E-state index contributed by atoms with van der Waals surface area (Å²) in [5.41, 5.74) is 12.4. The number of hydrogen-bond donors (Lipinski definition) is 4. The number of carbonyl (C=O) groups is 1. The number of nitrogens with two attached hydrogens (primary N) is 2. The zero-order valence-corrected chi connectivity index (χ0v) is 18.9. The molecule has 1 amide bonds. The van der Waals surface area contributed by atoms with Crippen molar-refractivity contribution >= 4 is 23.5 Å². The molecule has 2 atom stereocenters. The average molecular weight is 482 g/mol. The molecule has 0 bridgehead atoms. The van der Waals surface area contributed by atoms with E-state index in [0.717, 1.165) is 43.9 Å². The predicted molar refractivity (Wildman–Crippen MR) is 122 cm³/mol. The molecule has 178 valence electrons. The maximum Gasteiger partial charge on any atom is 0.280 e. The van der Waals surface area contributed by atoms with Crippen LogP contribution in [0.15, 0.2) is 41.4 Å². The second kappa shape index (κ2) is 10.5. The van der Waals surface area contributed by atoms with Crippen LogP contribution in [-0.4, -0.2) is 23.6 Å². The van der Waals surface area contributed by atoms with E-state index in [2.05, 4.69) is 15.6 Å². The van der Waals surface area contributed by atoms with Gasteiger partial charge in [-0.3, -0.25) is 4.79 Å². The SMILES string of the molecule is CC1(N/C(=N/C(=O)c2ccc(F)c(F)c2)NC(N)CC(N)c2cc(F)cc(Cl)c2)CCCC1. The molecular weight excluding hydrogens is 455 g/mol. The average Bonchev–Trinajstić information content (AvgIpc) is 3.14. The minimum Gasteiger partial charge on any atom is -0.351 e. The van der Waals surface area contributed by atoms with Gasteiger partial charge in [-0.2, -0.15) is 4.99 Å². The minimum atomic E-state index is -1.14. The molecule has 0 heterocycles. The lowest BCUT2D eigenvalue weighted by Gasteiger charge is -2.29. The van der Waals surface area contributed by atoms with Gasteiger partial charge in [-0.25, -0.2) is 13.2 Å². The third-order valence-corrected chi connectivity index (χ3v) is 5.87. The van der Waals surface area contributed by atoms with Crippen LogP contribution >= 0.6 is 11.6 Å². The summed E-state index contributed by atoms with van der Waals surface area (Å²) in [5.74, 6) is -3.37. The van der Waals surface area contributed by atoms with Crippen molar-refractivity contribution in [1.29, 1.82) is 0 Å². The van der Waals surface area contributed by atoms with Crippen LogP contribution in [-0.2, 0) is 0 Å². The Balaban J connectivity index is 1.77. The molecule has 2 aromatic rings. The first-order chi connectivity index (χ1) is 15.5. The Labute approximate surface area is 195 Å². The number of halogens is 4. The van der Waals surface area contributed by atoms with E-state index in [0.29, 0.717) is 5.56 Å². The summed E-state index contributed by atoms with van der Waals surface area (Å²) in [6, 6.07) is 6.19. The van der Waals surface area contributed by atoms with E-state index in [9.17, 15) is 18.0 Å². The van der Waals surface area contributed by atoms with Crippen molar-refractivity contribution in [3.8, 4) is 0 Å². The van der Waals surface area contributed by atoms with Gasteiger partial charge < -0.3 is 22.1 Å². The van der Waals surface area contributed by atoms with Gasteiger partial charge >= 0.3 is 0 Å². The van der Waals surface area contributed by atoms with Crippen molar-refractivity contribution in [2.24, 2.45) is 16.5 Å². The second-order valence-corrected chi connectivity index (χ2v) is 9.02. The molecule has 0 saturated heterocycles. The van der Waals surface area contributed by atoms with Crippen LogP contribution in [0.5, 0.6) is 0 Å². The molecule has 0 radical (unpaired) electrons. The van der Waals surface area contributed by atoms with E-state index in [4.69, 9.17) is 23.1 Å². The van der Waals surface area contributed by atoms with Crippen molar-refractivity contribution < 1.29 is 18.0 Å². The molecule has 1 aliphatic carbocycles. The zero-order valence-electron chi connectivity index (χ0n) is 18.2. The lowest BCUT2D eigenvalue weighted by molar-refractivity contribution is 0.100. The van der Waals surface area contributed by atoms with Gasteiger partial charge in [0.25, 0.3) is 5.91 Å². The summed E-state index contributed by atoms with van der Waals surface area (Å²) in [6.07, 6.45) is 3.19. The fraction of sp³-hybridized carbons (Fsp3) is 0.391. The normalized spacial score (nSPS) is 17.5. The third-order valence-electron chi connectivity index (χ3n) is 5.65. The predicted octanol–water partition coefficient (Wildman–Crippen LogP) is 4.14. The molecular formula is C23H27ClF3N5O. The van der Waals surface area contributed by atoms with Crippen LogP contribution in [0.1, 0.15) is 61.0 Å². The number of nitrogens with one attached hydrogen (secondary N) is 2. The standard InChI is InChI=1S/C23H27ClF3N5O/c1-23(6-2-3-7-23)32-22(31-21(33)13-4-5-17(26)18(27)10-13)30-20(29)12-19(28)14-8-15(24)11-16(25)9-14/h4-5,8-11,19-20H,2-3,6-7,12,28-29H2,1H3,(H2,30,31,32,33). The van der Waals surface area contributed by atoms with Gasteiger partial charge in [-0.15, -0.1) is 0 Å². The maximum absolute atomic E-state index is 13.7. The van der Waals surface area contributed by atoms with Crippen molar-refractivity contribution in [3.05, 3.63) is 70.0 Å². The van der Waals surface area contributed by atoms with E-state index in [1.165, 1.54) is 12.1 Å². The van der Waals surface area contributed by atoms with Crippen molar-refractivity contribution in [2.45, 2.75) is 56.8 Å². The molecule has 33 heavy (non-hydrogen) atoms. The van der Waals surface area contributed by atoms with Gasteiger partial charge in [0.2, 0.25) is 5.96 Å². The molecule has 2 unspecified atom stereocenters. The van der Waals surface area contributed by atoms with E-state index >= 15 is 0 Å². The van der Waals surface area contributed by atoms with Gasteiger partial charge in [-0.1, -0.05) is 24.4 Å². The Hall–Kier alpha value is -2.62. The molecule has 0 aliphatic heterocycles. The van der Waals surface area contributed by atoms with E-state index in [1.54, 1.807) is 6.07 Å². The topological polar surface area (TPSA) is 106 Å². The first-order valence-electron chi connectivity index (χ1n) is 10.6. The molecule has 3 rings (SSSR count). The van der Waals surface area contributed by atoms with Crippen LogP contribution in [0, 0.1) is 17.5 Å². The summed E-state index contributed by atoms with van der Waals surface area (Å²) in [4.78, 5) is 16.7. The highest BCUT2D eigenvalue weighted by Crippen LogP contribution is 2.29. The highest BCUT2D eigenvalue weighted by Gasteiger charge is 2.30. The van der Waals surface area contributed by atoms with Crippen molar-refractivity contribution in [1.82, 2.24) is 10.6 Å². The van der Waals surface area contributed by atoms with Crippen molar-refractivity contribution in [2.75, 3.05) is 0 Å². The Kier molecular flexibility index (Phi) is 7.99. The van der Waals surface area contributed by atoms with Crippen LogP contribution in [0.25, 0.3) is 0 Å². The van der Waals surface area contributed by atoms with Crippen molar-refractivity contribution in [3.63, 3.8) is 0 Å².